The van der Waals surface area contributed by atoms with Crippen LogP contribution in [0, 0.1) is 6.92 Å². The average Bonchev–Trinajstić information content (AvgIpc) is 2.27. The summed E-state index contributed by atoms with van der Waals surface area (Å²) in [4.78, 5) is 0. The van der Waals surface area contributed by atoms with Gasteiger partial charge in [0.25, 0.3) is 0 Å². The number of benzene rings is 1. The van der Waals surface area contributed by atoms with Gasteiger partial charge in [0, 0.05) is 0 Å². The molecular weight excluding hydrogens is 177 g/mol. The van der Waals surface area contributed by atoms with E-state index < -0.39 is 0 Å². The predicted octanol–water partition coefficient (Wildman–Crippen LogP) is 2.73. The van der Waals surface area contributed by atoms with Gasteiger partial charge in [-0.2, -0.15) is 0 Å². The van der Waals surface area contributed by atoms with E-state index in [1.165, 1.54) is 5.56 Å². The molecule has 0 atom stereocenters. The Morgan fingerprint density at radius 3 is 2.27 bits per heavy atom. The quantitative estimate of drug-likeness (QED) is 0.444. The van der Waals surface area contributed by atoms with Crippen LogP contribution in [0.25, 0.3) is 0 Å². The van der Waals surface area contributed by atoms with Gasteiger partial charge in [0.1, 0.15) is 0 Å². The van der Waals surface area contributed by atoms with Gasteiger partial charge in [-0.15, -0.1) is 0 Å². The van der Waals surface area contributed by atoms with E-state index in [-0.39, 0.29) is 0 Å². The van der Waals surface area contributed by atoms with Gasteiger partial charge in [-0.3, -0.25) is 0 Å². The van der Waals surface area contributed by atoms with Gasteiger partial charge < -0.3 is 0 Å². The third-order valence-electron chi connectivity index (χ3n) is 1.86. The topological polar surface area (TPSA) is 12.0 Å². The first kappa shape index (κ1) is 14.5. The Morgan fingerprint density at radius 1 is 1.20 bits per heavy atom. The van der Waals surface area contributed by atoms with Gasteiger partial charge in [0.05, 0.1) is 0 Å². The normalized spacial score (nSPS) is 9.87. The van der Waals surface area contributed by atoms with Crippen LogP contribution in [0.5, 0.6) is 0 Å². The summed E-state index contributed by atoms with van der Waals surface area (Å²) in [5, 5.41) is 4.34. The van der Waals surface area contributed by atoms with Crippen molar-refractivity contribution < 1.29 is 0 Å². The molecular formula is C13H20LiN. The van der Waals surface area contributed by atoms with Crippen molar-refractivity contribution in [3.05, 3.63) is 48.0 Å². The Hall–Kier alpha value is -0.483. The fourth-order valence-corrected chi connectivity index (χ4v) is 1.01. The van der Waals surface area contributed by atoms with Crippen LogP contribution >= 0.6 is 0 Å². The Labute approximate surface area is 103 Å². The molecule has 0 aliphatic rings. The van der Waals surface area contributed by atoms with Crippen molar-refractivity contribution in [2.45, 2.75) is 18.9 Å². The van der Waals surface area contributed by atoms with Crippen molar-refractivity contribution >= 4 is 17.7 Å². The summed E-state index contributed by atoms with van der Waals surface area (Å²) in [6.07, 6.45) is 4.33. The number of nitrogens with one attached hydrogen (secondary N) is 1. The van der Waals surface area contributed by atoms with E-state index in [9.17, 15) is 0 Å². The molecule has 0 bridgehead atoms. The van der Waals surface area contributed by atoms with Crippen LogP contribution in [0.4, 0.5) is 0 Å². The molecule has 0 saturated heterocycles. The summed E-state index contributed by atoms with van der Waals surface area (Å²) in [6, 6.07) is 10.3. The second-order valence-electron chi connectivity index (χ2n) is 3.34. The summed E-state index contributed by atoms with van der Waals surface area (Å²) in [5.41, 5.74) is 1.32. The fraction of sp³-hybridized carbons (Fsp3) is 0.385. The molecule has 1 nitrogen and oxygen atoms in total. The maximum absolute atomic E-state index is 3.20. The Balaban J connectivity index is 0.000000262. The summed E-state index contributed by atoms with van der Waals surface area (Å²) in [5.74, 6) is 0. The second-order valence-corrected chi connectivity index (χ2v) is 3.34. The van der Waals surface area contributed by atoms with E-state index >= 15 is 0 Å². The third-order valence-corrected chi connectivity index (χ3v) is 1.86. The molecule has 0 aromatic heterocycles. The third kappa shape index (κ3) is 11.4. The molecule has 0 unspecified atom stereocenters. The molecule has 1 aromatic rings. The molecule has 15 heavy (non-hydrogen) atoms. The maximum atomic E-state index is 3.20. The van der Waals surface area contributed by atoms with Crippen molar-refractivity contribution in [3.63, 3.8) is 0 Å². The first-order valence-electron chi connectivity index (χ1n) is 5.68. The van der Waals surface area contributed by atoms with Gasteiger partial charge in [-0.25, -0.2) is 0 Å². The van der Waals surface area contributed by atoms with Crippen LogP contribution in [0.15, 0.2) is 42.5 Å². The molecule has 0 aliphatic carbocycles. The minimum absolute atomic E-state index is 1.02. The van der Waals surface area contributed by atoms with Gasteiger partial charge in [-0.05, 0) is 6.92 Å². The predicted molar refractivity (Wildman–Crippen MR) is 69.4 cm³/mol. The van der Waals surface area contributed by atoms with E-state index in [1.807, 2.05) is 18.2 Å². The standard InChI is InChI=1S/C7H8.C6H12N.Li/c1-7-5-3-2-4-6-7;1-3-5-6-7-4-2;/h2-6H,1H3;3,5,7H,1,4,6H2,2H3;. The van der Waals surface area contributed by atoms with Gasteiger partial charge in [0.2, 0.25) is 0 Å². The molecule has 2 heteroatoms. The molecule has 0 amide bonds. The molecule has 1 rings (SSSR count). The molecule has 0 aliphatic heterocycles. The van der Waals surface area contributed by atoms with E-state index in [2.05, 4.69) is 61.2 Å². The Morgan fingerprint density at radius 2 is 1.87 bits per heavy atom. The van der Waals surface area contributed by atoms with Crippen molar-refractivity contribution in [1.29, 1.82) is 0 Å². The van der Waals surface area contributed by atoms with Crippen molar-refractivity contribution in [3.8, 4) is 0 Å². The summed E-state index contributed by atoms with van der Waals surface area (Å²) in [7, 11) is 0. The number of rotatable bonds is 4. The number of aryl methyl sites for hydroxylation is 1. The average molecular weight is 197 g/mol. The molecule has 1 aromatic carbocycles. The number of allylic oxidation sites excluding steroid dienone is 1. The van der Waals surface area contributed by atoms with Gasteiger partial charge >= 0.3 is 60.3 Å². The summed E-state index contributed by atoms with van der Waals surface area (Å²) < 4.78 is 0. The van der Waals surface area contributed by atoms with E-state index in [0.717, 1.165) is 18.2 Å². The molecule has 0 heterocycles. The number of hydrogen-bond donors (Lipinski definition) is 1. The van der Waals surface area contributed by atoms with Crippen LogP contribution in [0.3, 0.4) is 0 Å². The van der Waals surface area contributed by atoms with E-state index in [4.69, 9.17) is 0 Å². The van der Waals surface area contributed by atoms with Crippen LogP contribution < -0.4 is 5.32 Å². The second kappa shape index (κ2) is 11.6. The fourth-order valence-electron chi connectivity index (χ4n) is 1.01. The van der Waals surface area contributed by atoms with Crippen molar-refractivity contribution in [2.75, 3.05) is 13.1 Å². The molecule has 78 valence electrons. The van der Waals surface area contributed by atoms with Crippen molar-refractivity contribution in [2.24, 2.45) is 0 Å². The monoisotopic (exact) mass is 197 g/mol. The Kier molecular flexibility index (Phi) is 11.2. The SMILES string of the molecule is Cc1ccccc1.[Li][CH2]C=CCNCC. The zero-order valence-electron chi connectivity index (χ0n) is 10.2. The van der Waals surface area contributed by atoms with Crippen LogP contribution in [-0.2, 0) is 0 Å². The molecule has 0 radical (unpaired) electrons. The van der Waals surface area contributed by atoms with E-state index in [0.29, 0.717) is 0 Å². The zero-order valence-corrected chi connectivity index (χ0v) is 10.2. The van der Waals surface area contributed by atoms with Crippen LogP contribution in [0.1, 0.15) is 12.5 Å². The van der Waals surface area contributed by atoms with Gasteiger partial charge in [-0.1, -0.05) is 35.9 Å². The molecule has 0 saturated carbocycles. The van der Waals surface area contributed by atoms with E-state index in [1.54, 1.807) is 0 Å². The molecule has 0 spiro atoms. The number of hydrogen-bond acceptors (Lipinski definition) is 1. The Bertz CT molecular complexity index is 244. The van der Waals surface area contributed by atoms with Gasteiger partial charge in [0.15, 0.2) is 0 Å². The first-order chi connectivity index (χ1) is 7.31. The summed E-state index contributed by atoms with van der Waals surface area (Å²) >= 11 is 2.14. The minimum atomic E-state index is 1.02. The zero-order chi connectivity index (χ0) is 11.4. The molecule has 0 fully saturated rings. The van der Waals surface area contributed by atoms with Crippen LogP contribution in [0.2, 0.25) is 5.09 Å². The summed E-state index contributed by atoms with van der Waals surface area (Å²) in [6.45, 7) is 6.28. The number of likely N-dealkylation sites (N-methyl/N-ethyl adjacent to an activating group) is 1. The first-order valence-corrected chi connectivity index (χ1v) is 5.68. The molecule has 1 N–H and O–H groups in total. The van der Waals surface area contributed by atoms with Crippen LogP contribution in [-0.4, -0.2) is 30.8 Å². The van der Waals surface area contributed by atoms with Crippen molar-refractivity contribution in [1.82, 2.24) is 5.32 Å².